The molecule has 0 aliphatic carbocycles. The van der Waals surface area contributed by atoms with Crippen LogP contribution in [-0.4, -0.2) is 27.7 Å². The average molecular weight is 300 g/mol. The van der Waals surface area contributed by atoms with E-state index in [2.05, 4.69) is 0 Å². The van der Waals surface area contributed by atoms with E-state index in [4.69, 9.17) is 9.84 Å². The van der Waals surface area contributed by atoms with Crippen molar-refractivity contribution in [2.24, 2.45) is 0 Å². The third-order valence-electron chi connectivity index (χ3n) is 2.13. The number of nitrogens with one attached hydrogen (secondary N) is 1. The van der Waals surface area contributed by atoms with Crippen LogP contribution in [0, 0.1) is 15.9 Å². The van der Waals surface area contributed by atoms with Crippen molar-refractivity contribution in [1.29, 1.82) is 0 Å². The summed E-state index contributed by atoms with van der Waals surface area (Å²) in [6.07, 6.45) is -1.05. The lowest BCUT2D eigenvalue weighted by atomic mass is 10.1. The number of halogens is 1. The number of carbonyl (C=O) groups is 2. The Bertz CT molecular complexity index is 609. The minimum Gasteiger partial charge on any atom is -0.477 e. The van der Waals surface area contributed by atoms with E-state index in [0.717, 1.165) is 0 Å². The summed E-state index contributed by atoms with van der Waals surface area (Å²) >= 11 is 0. The summed E-state index contributed by atoms with van der Waals surface area (Å²) in [6.45, 7) is 4.70. The van der Waals surface area contributed by atoms with Gasteiger partial charge in [0.2, 0.25) is 0 Å². The van der Waals surface area contributed by atoms with Crippen LogP contribution in [0.2, 0.25) is 0 Å². The highest BCUT2D eigenvalue weighted by Gasteiger charge is 2.27. The third-order valence-corrected chi connectivity index (χ3v) is 2.13. The molecular weight excluding hydrogens is 287 g/mol. The maximum Gasteiger partial charge on any atom is 0.412 e. The fourth-order valence-electron chi connectivity index (χ4n) is 1.47. The van der Waals surface area contributed by atoms with Crippen LogP contribution in [0.4, 0.5) is 20.6 Å². The highest BCUT2D eigenvalue weighted by Crippen LogP contribution is 2.28. The zero-order valence-electron chi connectivity index (χ0n) is 11.5. The summed E-state index contributed by atoms with van der Waals surface area (Å²) in [5, 5.41) is 21.8. The van der Waals surface area contributed by atoms with Gasteiger partial charge in [-0.1, -0.05) is 0 Å². The normalized spacial score (nSPS) is 10.9. The van der Waals surface area contributed by atoms with E-state index >= 15 is 0 Å². The molecule has 0 heterocycles. The Hall–Kier alpha value is -2.71. The Morgan fingerprint density at radius 2 is 1.95 bits per heavy atom. The molecule has 0 saturated heterocycles. The molecule has 0 fully saturated rings. The van der Waals surface area contributed by atoms with Gasteiger partial charge in [0, 0.05) is 0 Å². The number of hydrogen-bond acceptors (Lipinski definition) is 5. The molecule has 114 valence electrons. The molecule has 0 aliphatic heterocycles. The first-order chi connectivity index (χ1) is 9.51. The van der Waals surface area contributed by atoms with E-state index in [9.17, 15) is 24.1 Å². The number of nitro groups is 1. The van der Waals surface area contributed by atoms with Crippen LogP contribution in [-0.2, 0) is 4.74 Å². The summed E-state index contributed by atoms with van der Waals surface area (Å²) in [5.74, 6) is -2.73. The molecule has 1 aromatic rings. The number of carboxylic acid groups (broad SMARTS) is 1. The van der Waals surface area contributed by atoms with E-state index in [0.29, 0.717) is 12.1 Å². The van der Waals surface area contributed by atoms with Crippen LogP contribution in [0.3, 0.4) is 0 Å². The molecule has 0 spiro atoms. The molecule has 0 unspecified atom stereocenters. The second kappa shape index (κ2) is 5.73. The average Bonchev–Trinajstić information content (AvgIpc) is 2.24. The first-order valence-electron chi connectivity index (χ1n) is 5.72. The molecule has 8 nitrogen and oxygen atoms in total. The zero-order chi connectivity index (χ0) is 16.4. The van der Waals surface area contributed by atoms with Crippen LogP contribution < -0.4 is 5.32 Å². The predicted octanol–water partition coefficient (Wildman–Crippen LogP) is 2.78. The Balaban J connectivity index is 3.26. The number of carbonyl (C=O) groups excluding carboxylic acids is 1. The van der Waals surface area contributed by atoms with Crippen molar-refractivity contribution in [3.05, 3.63) is 33.6 Å². The van der Waals surface area contributed by atoms with E-state index in [-0.39, 0.29) is 0 Å². The number of benzene rings is 1. The summed E-state index contributed by atoms with van der Waals surface area (Å²) in [5.41, 5.74) is -3.21. The number of hydrogen-bond donors (Lipinski definition) is 2. The number of ether oxygens (including phenoxy) is 1. The zero-order valence-corrected chi connectivity index (χ0v) is 11.5. The number of rotatable bonds is 3. The summed E-state index contributed by atoms with van der Waals surface area (Å²) < 4.78 is 18.2. The fraction of sp³-hybridized carbons (Fsp3) is 0.333. The highest BCUT2D eigenvalue weighted by atomic mass is 19.1. The molecule has 0 aliphatic rings. The third kappa shape index (κ3) is 4.41. The van der Waals surface area contributed by atoms with E-state index in [1.165, 1.54) is 0 Å². The lowest BCUT2D eigenvalue weighted by Crippen LogP contribution is -2.28. The minimum absolute atomic E-state index is 0.462. The first-order valence-corrected chi connectivity index (χ1v) is 5.72. The van der Waals surface area contributed by atoms with Gasteiger partial charge in [0.15, 0.2) is 5.56 Å². The number of carboxylic acids is 1. The SMILES string of the molecule is CC(C)(C)OC(=O)Nc1cc(F)cc([N+](=O)[O-])c1C(=O)O. The van der Waals surface area contributed by atoms with Gasteiger partial charge in [-0.05, 0) is 26.8 Å². The molecule has 9 heteroatoms. The molecule has 0 radical (unpaired) electrons. The molecule has 0 bridgehead atoms. The maximum atomic E-state index is 13.3. The predicted molar refractivity (Wildman–Crippen MR) is 69.9 cm³/mol. The van der Waals surface area contributed by atoms with Crippen molar-refractivity contribution in [2.75, 3.05) is 5.32 Å². The maximum absolute atomic E-state index is 13.3. The summed E-state index contributed by atoms with van der Waals surface area (Å²) in [6, 6.07) is 1.13. The summed E-state index contributed by atoms with van der Waals surface area (Å²) in [4.78, 5) is 32.4. The lowest BCUT2D eigenvalue weighted by Gasteiger charge is -2.20. The lowest BCUT2D eigenvalue weighted by molar-refractivity contribution is -0.385. The van der Waals surface area contributed by atoms with Gasteiger partial charge in [0.05, 0.1) is 16.7 Å². The summed E-state index contributed by atoms with van der Waals surface area (Å²) in [7, 11) is 0. The van der Waals surface area contributed by atoms with Crippen LogP contribution in [0.5, 0.6) is 0 Å². The molecule has 1 aromatic carbocycles. The second-order valence-corrected chi connectivity index (χ2v) is 5.04. The number of aromatic carboxylic acids is 1. The van der Waals surface area contributed by atoms with Crippen molar-refractivity contribution in [1.82, 2.24) is 0 Å². The van der Waals surface area contributed by atoms with Crippen molar-refractivity contribution >= 4 is 23.4 Å². The topological polar surface area (TPSA) is 119 Å². The van der Waals surface area contributed by atoms with Gasteiger partial charge in [-0.25, -0.2) is 14.0 Å². The van der Waals surface area contributed by atoms with E-state index in [1.54, 1.807) is 20.8 Å². The monoisotopic (exact) mass is 300 g/mol. The van der Waals surface area contributed by atoms with Crippen molar-refractivity contribution in [3.8, 4) is 0 Å². The number of amides is 1. The van der Waals surface area contributed by atoms with Gasteiger partial charge >= 0.3 is 12.1 Å². The standard InChI is InChI=1S/C12H13FN2O6/c1-12(2,3)21-11(18)14-7-4-6(13)5-8(15(19)20)9(7)10(16)17/h4-5H,1-3H3,(H,14,18)(H,16,17). The van der Waals surface area contributed by atoms with Gasteiger partial charge in [0.25, 0.3) is 5.69 Å². The Morgan fingerprint density at radius 3 is 2.38 bits per heavy atom. The first kappa shape index (κ1) is 16.3. The number of anilines is 1. The molecular formula is C12H13FN2O6. The fourth-order valence-corrected chi connectivity index (χ4v) is 1.47. The van der Waals surface area contributed by atoms with Gasteiger partial charge in [-0.2, -0.15) is 0 Å². The van der Waals surface area contributed by atoms with Gasteiger partial charge < -0.3 is 9.84 Å². The van der Waals surface area contributed by atoms with E-state index < -0.39 is 45.3 Å². The van der Waals surface area contributed by atoms with Crippen LogP contribution in [0.25, 0.3) is 0 Å². The molecule has 2 N–H and O–H groups in total. The second-order valence-electron chi connectivity index (χ2n) is 5.04. The molecule has 21 heavy (non-hydrogen) atoms. The molecule has 0 aromatic heterocycles. The van der Waals surface area contributed by atoms with Gasteiger partial charge in [0.1, 0.15) is 11.4 Å². The Kier molecular flexibility index (Phi) is 4.46. The minimum atomic E-state index is -1.67. The van der Waals surface area contributed by atoms with Gasteiger partial charge in [-0.15, -0.1) is 0 Å². The van der Waals surface area contributed by atoms with Crippen molar-refractivity contribution in [2.45, 2.75) is 26.4 Å². The largest absolute Gasteiger partial charge is 0.477 e. The Morgan fingerprint density at radius 1 is 1.38 bits per heavy atom. The quantitative estimate of drug-likeness (QED) is 0.654. The van der Waals surface area contributed by atoms with Gasteiger partial charge in [-0.3, -0.25) is 15.4 Å². The van der Waals surface area contributed by atoms with Crippen LogP contribution in [0.1, 0.15) is 31.1 Å². The van der Waals surface area contributed by atoms with Crippen molar-refractivity contribution in [3.63, 3.8) is 0 Å². The van der Waals surface area contributed by atoms with Crippen LogP contribution in [0.15, 0.2) is 12.1 Å². The molecule has 1 rings (SSSR count). The van der Waals surface area contributed by atoms with E-state index in [1.807, 2.05) is 5.32 Å². The molecule has 0 saturated carbocycles. The number of nitro benzene ring substituents is 1. The Labute approximate surface area is 118 Å². The smallest absolute Gasteiger partial charge is 0.412 e. The van der Waals surface area contributed by atoms with Crippen molar-refractivity contribution < 1.29 is 28.7 Å². The molecule has 0 atom stereocenters. The molecule has 1 amide bonds. The highest BCUT2D eigenvalue weighted by molar-refractivity contribution is 6.02. The van der Waals surface area contributed by atoms with Crippen LogP contribution >= 0.6 is 0 Å². The number of nitrogens with zero attached hydrogens (tertiary/aromatic N) is 1.